The Morgan fingerprint density at radius 1 is 1.32 bits per heavy atom. The molecule has 0 saturated carbocycles. The van der Waals surface area contributed by atoms with E-state index in [0.29, 0.717) is 23.0 Å². The predicted octanol–water partition coefficient (Wildman–Crippen LogP) is 2.43. The topological polar surface area (TPSA) is 93.3 Å². The lowest BCUT2D eigenvalue weighted by Gasteiger charge is -2.14. The molecule has 134 valence electrons. The zero-order valence-electron chi connectivity index (χ0n) is 14.4. The van der Waals surface area contributed by atoms with E-state index in [2.05, 4.69) is 15.3 Å². The van der Waals surface area contributed by atoms with E-state index < -0.39 is 0 Å². The zero-order valence-corrected chi connectivity index (χ0v) is 15.2. The molecule has 0 bridgehead atoms. The van der Waals surface area contributed by atoms with Crippen molar-refractivity contribution in [3.8, 4) is 5.75 Å². The van der Waals surface area contributed by atoms with Crippen LogP contribution in [0.3, 0.4) is 0 Å². The Kier molecular flexibility index (Phi) is 7.03. The van der Waals surface area contributed by atoms with Crippen LogP contribution in [0.2, 0.25) is 0 Å². The van der Waals surface area contributed by atoms with Crippen LogP contribution in [0.25, 0.3) is 0 Å². The van der Waals surface area contributed by atoms with Crippen LogP contribution < -0.4 is 15.6 Å². The third-order valence-electron chi connectivity index (χ3n) is 3.34. The molecule has 0 fully saturated rings. The predicted molar refractivity (Wildman–Crippen MR) is 97.1 cm³/mol. The molecule has 0 radical (unpaired) electrons. The second kappa shape index (κ2) is 9.24. The van der Waals surface area contributed by atoms with Crippen LogP contribution >= 0.6 is 11.8 Å². The molecule has 1 atom stereocenters. The largest absolute Gasteiger partial charge is 0.497 e. The Morgan fingerprint density at radius 3 is 2.64 bits per heavy atom. The lowest BCUT2D eigenvalue weighted by molar-refractivity contribution is -0.115. The fourth-order valence-corrected chi connectivity index (χ4v) is 3.05. The van der Waals surface area contributed by atoms with Crippen molar-refractivity contribution in [3.63, 3.8) is 0 Å². The first-order valence-electron chi connectivity index (χ1n) is 7.76. The second-order valence-corrected chi connectivity index (χ2v) is 6.40. The van der Waals surface area contributed by atoms with Crippen molar-refractivity contribution in [1.82, 2.24) is 9.97 Å². The number of anilines is 1. The van der Waals surface area contributed by atoms with Gasteiger partial charge in [0.15, 0.2) is 5.16 Å². The molecule has 2 aromatic rings. The summed E-state index contributed by atoms with van der Waals surface area (Å²) in [5.74, 6) is 0.564. The number of benzene rings is 1. The first kappa shape index (κ1) is 19.0. The normalized spacial score (nSPS) is 11.8. The third-order valence-corrected chi connectivity index (χ3v) is 4.59. The number of H-pyrrole nitrogens is 1. The van der Waals surface area contributed by atoms with Crippen molar-refractivity contribution in [2.24, 2.45) is 0 Å². The van der Waals surface area contributed by atoms with E-state index in [1.807, 2.05) is 6.92 Å². The number of hydrogen-bond acceptors (Lipinski definition) is 6. The standard InChI is InChI=1S/C17H21N3O4S/c1-4-14(16(22)18-11-5-7-13(24-3)8-6-11)25-17-19-12(10-23-2)9-15(21)20-17/h5-9,14H,4,10H2,1-3H3,(H,18,22)(H,19,20,21). The Labute approximate surface area is 150 Å². The van der Waals surface area contributed by atoms with Gasteiger partial charge in [0.2, 0.25) is 5.91 Å². The van der Waals surface area contributed by atoms with Crippen molar-refractivity contribution in [2.75, 3.05) is 19.5 Å². The van der Waals surface area contributed by atoms with E-state index in [4.69, 9.17) is 9.47 Å². The summed E-state index contributed by atoms with van der Waals surface area (Å²) in [5, 5.41) is 2.87. The summed E-state index contributed by atoms with van der Waals surface area (Å²) in [5.41, 5.74) is 0.938. The molecule has 2 rings (SSSR count). The van der Waals surface area contributed by atoms with Crippen molar-refractivity contribution in [1.29, 1.82) is 0 Å². The minimum absolute atomic E-state index is 0.155. The van der Waals surface area contributed by atoms with Crippen molar-refractivity contribution in [3.05, 3.63) is 46.4 Å². The number of aromatic amines is 1. The number of amides is 1. The molecule has 25 heavy (non-hydrogen) atoms. The van der Waals surface area contributed by atoms with E-state index in [0.717, 1.165) is 5.75 Å². The highest BCUT2D eigenvalue weighted by Crippen LogP contribution is 2.23. The maximum Gasteiger partial charge on any atom is 0.251 e. The average molecular weight is 363 g/mol. The number of methoxy groups -OCH3 is 2. The lowest BCUT2D eigenvalue weighted by atomic mass is 10.2. The average Bonchev–Trinajstić information content (AvgIpc) is 2.60. The highest BCUT2D eigenvalue weighted by molar-refractivity contribution is 8.00. The van der Waals surface area contributed by atoms with Gasteiger partial charge in [-0.15, -0.1) is 0 Å². The molecule has 1 aromatic heterocycles. The van der Waals surface area contributed by atoms with Gasteiger partial charge in [-0.3, -0.25) is 9.59 Å². The number of carbonyl (C=O) groups is 1. The van der Waals surface area contributed by atoms with Crippen molar-refractivity contribution < 1.29 is 14.3 Å². The number of carbonyl (C=O) groups excluding carboxylic acids is 1. The number of nitrogens with one attached hydrogen (secondary N) is 2. The molecule has 2 N–H and O–H groups in total. The third kappa shape index (κ3) is 5.61. The number of rotatable bonds is 8. The van der Waals surface area contributed by atoms with Crippen molar-refractivity contribution >= 4 is 23.4 Å². The van der Waals surface area contributed by atoms with Gasteiger partial charge in [-0.25, -0.2) is 4.98 Å². The summed E-state index contributed by atoms with van der Waals surface area (Å²) >= 11 is 1.22. The second-order valence-electron chi connectivity index (χ2n) is 5.21. The Bertz CT molecular complexity index is 761. The van der Waals surface area contributed by atoms with Crippen LogP contribution in [-0.2, 0) is 16.1 Å². The molecule has 1 heterocycles. The molecule has 1 unspecified atom stereocenters. The minimum Gasteiger partial charge on any atom is -0.497 e. The Morgan fingerprint density at radius 2 is 2.04 bits per heavy atom. The SMILES string of the molecule is CCC(Sc1nc(COC)cc(=O)[nH]1)C(=O)Nc1ccc(OC)cc1. The van der Waals surface area contributed by atoms with Gasteiger partial charge in [0.25, 0.3) is 5.56 Å². The van der Waals surface area contributed by atoms with Crippen molar-refractivity contribution in [2.45, 2.75) is 30.4 Å². The smallest absolute Gasteiger partial charge is 0.251 e. The maximum atomic E-state index is 12.5. The van der Waals surface area contributed by atoms with Crippen LogP contribution in [0.4, 0.5) is 5.69 Å². The van der Waals surface area contributed by atoms with Crippen LogP contribution in [0.15, 0.2) is 40.3 Å². The number of nitrogens with zero attached hydrogens (tertiary/aromatic N) is 1. The maximum absolute atomic E-state index is 12.5. The van der Waals surface area contributed by atoms with Gasteiger partial charge in [-0.2, -0.15) is 0 Å². The van der Waals surface area contributed by atoms with Gasteiger partial charge < -0.3 is 19.8 Å². The molecule has 8 heteroatoms. The van der Waals surface area contributed by atoms with Gasteiger partial charge in [0.1, 0.15) is 5.75 Å². The van der Waals surface area contributed by atoms with Gasteiger partial charge in [0.05, 0.1) is 24.7 Å². The highest BCUT2D eigenvalue weighted by Gasteiger charge is 2.19. The Balaban J connectivity index is 2.07. The van der Waals surface area contributed by atoms with Gasteiger partial charge in [-0.05, 0) is 30.7 Å². The summed E-state index contributed by atoms with van der Waals surface area (Å²) in [6.07, 6.45) is 0.588. The number of ether oxygens (including phenoxy) is 2. The molecule has 1 aromatic carbocycles. The molecule has 0 saturated heterocycles. The number of hydrogen-bond donors (Lipinski definition) is 2. The van der Waals surface area contributed by atoms with Crippen LogP contribution in [0.1, 0.15) is 19.0 Å². The summed E-state index contributed by atoms with van der Waals surface area (Å²) < 4.78 is 10.1. The fourth-order valence-electron chi connectivity index (χ4n) is 2.12. The first-order chi connectivity index (χ1) is 12.0. The van der Waals surface area contributed by atoms with E-state index in [-0.39, 0.29) is 23.3 Å². The van der Waals surface area contributed by atoms with Gasteiger partial charge >= 0.3 is 0 Å². The fraction of sp³-hybridized carbons (Fsp3) is 0.353. The molecular weight excluding hydrogens is 342 g/mol. The summed E-state index contributed by atoms with van der Waals surface area (Å²) in [4.78, 5) is 31.1. The minimum atomic E-state index is -0.386. The van der Waals surface area contributed by atoms with Crippen LogP contribution in [-0.4, -0.2) is 35.3 Å². The molecule has 0 aliphatic heterocycles. The number of thioether (sulfide) groups is 1. The highest BCUT2D eigenvalue weighted by atomic mass is 32.2. The summed E-state index contributed by atoms with van der Waals surface area (Å²) in [6.45, 7) is 2.15. The molecule has 0 aliphatic rings. The quantitative estimate of drug-likeness (QED) is 0.553. The van der Waals surface area contributed by atoms with E-state index in [1.165, 1.54) is 24.9 Å². The summed E-state index contributed by atoms with van der Waals surface area (Å²) in [7, 11) is 3.12. The molecule has 7 nitrogen and oxygen atoms in total. The molecular formula is C17H21N3O4S. The molecule has 1 amide bonds. The van der Waals surface area contributed by atoms with Crippen LogP contribution in [0, 0.1) is 0 Å². The first-order valence-corrected chi connectivity index (χ1v) is 8.64. The number of aromatic nitrogens is 2. The molecule has 0 spiro atoms. The van der Waals surface area contributed by atoms with E-state index >= 15 is 0 Å². The Hall–Kier alpha value is -2.32. The van der Waals surface area contributed by atoms with Crippen LogP contribution in [0.5, 0.6) is 5.75 Å². The van der Waals surface area contributed by atoms with Gasteiger partial charge in [-0.1, -0.05) is 18.7 Å². The zero-order chi connectivity index (χ0) is 18.2. The van der Waals surface area contributed by atoms with E-state index in [9.17, 15) is 9.59 Å². The lowest BCUT2D eigenvalue weighted by Crippen LogP contribution is -2.25. The van der Waals surface area contributed by atoms with Gasteiger partial charge in [0, 0.05) is 18.9 Å². The summed E-state index contributed by atoms with van der Waals surface area (Å²) in [6, 6.07) is 8.47. The molecule has 0 aliphatic carbocycles. The monoisotopic (exact) mass is 363 g/mol. The van der Waals surface area contributed by atoms with E-state index in [1.54, 1.807) is 31.4 Å².